The molecule has 3 N–H and O–H groups in total. The molecule has 2 spiro atoms. The van der Waals surface area contributed by atoms with Crippen molar-refractivity contribution in [3.63, 3.8) is 0 Å². The van der Waals surface area contributed by atoms with Crippen molar-refractivity contribution < 1.29 is 61.4 Å². The Balaban J connectivity index is 1.16. The molecule has 19 heteroatoms. The number of phenolic OH excluding ortho intramolecular Hbond substituents is 2. The molecule has 0 aromatic heterocycles. The molecule has 8 aliphatic heterocycles. The number of carbonyl (C=O) groups excluding carboxylic acids is 3. The van der Waals surface area contributed by atoms with Crippen molar-refractivity contribution in [1.29, 1.82) is 0 Å². The maximum atomic E-state index is 15.0. The van der Waals surface area contributed by atoms with Crippen LogP contribution in [0.3, 0.4) is 0 Å². The van der Waals surface area contributed by atoms with Crippen LogP contribution in [0, 0.1) is 36.5 Å². The van der Waals surface area contributed by atoms with E-state index in [2.05, 4.69) is 29.1 Å². The van der Waals surface area contributed by atoms with Crippen molar-refractivity contribution in [1.82, 2.24) is 9.80 Å². The molecule has 8 aliphatic rings. The molecule has 10 rings (SSSR count). The standard InChI is InChI=1S/C51H67N5O13S/c1-26(2)25-55-18-16-50(17-19-55)53-37-34-35-40(57)30(6)44-36(34)45(59)48(9,67-44)65-22-15-33(64-11)29(5)43(66-47(61)56-20-23-70(62,63)24-21-56)32(8)51-31(7)42(68-49(51,10)69-51)27(3)13-12-14-28(4)46(60)52-39(41(35)58)38(37)54-50/h12-15,22,26-27,29,31-33,42-43,53,57-58H,16-21,23-25H2,1-11H3/b13-12+,22-15+,28-14-,52-39?/t27-,29+,31+,32-,33-,42-,43+,48-,49?,51+/m0/s1. The summed E-state index contributed by atoms with van der Waals surface area (Å²) in [7, 11) is -1.78. The van der Waals surface area contributed by atoms with Crippen LogP contribution in [0.5, 0.6) is 17.2 Å². The van der Waals surface area contributed by atoms with E-state index >= 15 is 0 Å². The Morgan fingerprint density at radius 2 is 1.66 bits per heavy atom. The molecular formula is C51H67N5O13S. The number of sulfone groups is 1. The Morgan fingerprint density at radius 1 is 0.971 bits per heavy atom. The summed E-state index contributed by atoms with van der Waals surface area (Å²) < 4.78 is 62.9. The van der Waals surface area contributed by atoms with Crippen molar-refractivity contribution in [3.05, 3.63) is 58.0 Å². The molecule has 10 atom stereocenters. The average molecular weight is 990 g/mol. The molecule has 1 unspecified atom stereocenters. The maximum Gasteiger partial charge on any atom is 0.410 e. The highest BCUT2D eigenvalue weighted by atomic mass is 32.2. The van der Waals surface area contributed by atoms with Gasteiger partial charge in [-0.25, -0.2) is 18.2 Å². The normalized spacial score (nSPS) is 36.3. The second-order valence-electron chi connectivity index (χ2n) is 21.2. The van der Waals surface area contributed by atoms with Crippen molar-refractivity contribution >= 4 is 44.1 Å². The number of nitrogens with one attached hydrogen (secondary N) is 1. The number of ketones is 1. The molecule has 4 saturated heterocycles. The van der Waals surface area contributed by atoms with Gasteiger partial charge in [0.15, 0.2) is 21.4 Å². The molecule has 4 fully saturated rings. The summed E-state index contributed by atoms with van der Waals surface area (Å²) in [5.41, 5.74) is -0.987. The Kier molecular flexibility index (Phi) is 12.5. The van der Waals surface area contributed by atoms with E-state index in [1.165, 1.54) is 25.2 Å². The van der Waals surface area contributed by atoms with Gasteiger partial charge in [0.2, 0.25) is 0 Å². The van der Waals surface area contributed by atoms with Gasteiger partial charge in [-0.05, 0) is 32.8 Å². The fraction of sp³-hybridized carbons (Fsp3) is 0.627. The van der Waals surface area contributed by atoms with E-state index in [1.807, 2.05) is 40.7 Å². The van der Waals surface area contributed by atoms with Crippen LogP contribution in [0.4, 0.5) is 10.5 Å². The van der Waals surface area contributed by atoms with Crippen LogP contribution in [-0.2, 0) is 38.3 Å². The first-order valence-corrected chi connectivity index (χ1v) is 26.3. The van der Waals surface area contributed by atoms with Crippen molar-refractivity contribution in [2.75, 3.05) is 56.7 Å². The Hall–Kier alpha value is -5.08. The lowest BCUT2D eigenvalue weighted by atomic mass is 9.72. The number of likely N-dealkylation sites (tertiary alicyclic amines) is 1. The lowest BCUT2D eigenvalue weighted by Crippen LogP contribution is -2.51. The minimum atomic E-state index is -3.29. The number of allylic oxidation sites excluding steroid dienone is 2. The van der Waals surface area contributed by atoms with Gasteiger partial charge in [-0.3, -0.25) is 14.6 Å². The first kappa shape index (κ1) is 49.9. The monoisotopic (exact) mass is 989 g/mol. The molecule has 0 radical (unpaired) electrons. The Morgan fingerprint density at radius 3 is 2.31 bits per heavy atom. The molecule has 2 aromatic rings. The third-order valence-electron chi connectivity index (χ3n) is 16.0. The smallest absolute Gasteiger partial charge is 0.410 e. The number of hydrogen-bond donors (Lipinski definition) is 3. The number of carbonyl (C=O) groups is 3. The molecule has 8 heterocycles. The van der Waals surface area contributed by atoms with E-state index in [9.17, 15) is 33.0 Å². The lowest BCUT2D eigenvalue weighted by molar-refractivity contribution is -0.114. The topological polar surface area (TPSA) is 228 Å². The van der Waals surface area contributed by atoms with Gasteiger partial charge in [0.25, 0.3) is 11.7 Å². The molecular weight excluding hydrogens is 923 g/mol. The summed E-state index contributed by atoms with van der Waals surface area (Å²) in [6.45, 7) is 21.1. The predicted octanol–water partition coefficient (Wildman–Crippen LogP) is 5.22. The van der Waals surface area contributed by atoms with Crippen LogP contribution < -0.4 is 20.8 Å². The summed E-state index contributed by atoms with van der Waals surface area (Å²) in [4.78, 5) is 56.5. The van der Waals surface area contributed by atoms with Crippen molar-refractivity contribution in [2.24, 2.45) is 39.6 Å². The fourth-order valence-electron chi connectivity index (χ4n) is 12.0. The number of rotatable bonds is 4. The summed E-state index contributed by atoms with van der Waals surface area (Å²) in [6.07, 6.45) is 6.73. The Labute approximate surface area is 408 Å². The quantitative estimate of drug-likeness (QED) is 0.264. The van der Waals surface area contributed by atoms with Crippen LogP contribution in [0.15, 0.2) is 46.1 Å². The summed E-state index contributed by atoms with van der Waals surface area (Å²) in [5, 5.41) is 27.9. The third-order valence-corrected chi connectivity index (χ3v) is 17.6. The molecule has 0 saturated carbocycles. The van der Waals surface area contributed by atoms with Crippen molar-refractivity contribution in [2.45, 2.75) is 123 Å². The summed E-state index contributed by atoms with van der Waals surface area (Å²) >= 11 is 0. The van der Waals surface area contributed by atoms with Gasteiger partial charge in [-0.2, -0.15) is 0 Å². The van der Waals surface area contributed by atoms with E-state index in [4.69, 9.17) is 33.4 Å². The van der Waals surface area contributed by atoms with Gasteiger partial charge >= 0.3 is 11.9 Å². The summed E-state index contributed by atoms with van der Waals surface area (Å²) in [6, 6.07) is 0. The lowest BCUT2D eigenvalue weighted by Gasteiger charge is -2.38. The molecule has 7 bridgehead atoms. The largest absolute Gasteiger partial charge is 0.507 e. The zero-order chi connectivity index (χ0) is 50.6. The van der Waals surface area contributed by atoms with Crippen LogP contribution in [0.2, 0.25) is 0 Å². The number of nitrogens with zero attached hydrogens (tertiary/aromatic N) is 4. The van der Waals surface area contributed by atoms with Gasteiger partial charge < -0.3 is 53.8 Å². The second kappa shape index (κ2) is 17.6. The number of piperidine rings is 1. The van der Waals surface area contributed by atoms with Gasteiger partial charge in [-0.1, -0.05) is 59.8 Å². The minimum Gasteiger partial charge on any atom is -0.507 e. The van der Waals surface area contributed by atoms with Crippen LogP contribution >= 0.6 is 0 Å². The van der Waals surface area contributed by atoms with E-state index in [1.54, 1.807) is 32.1 Å². The highest BCUT2D eigenvalue weighted by Gasteiger charge is 2.81. The van der Waals surface area contributed by atoms with Gasteiger partial charge in [0, 0.05) is 99.8 Å². The number of amides is 2. The number of anilines is 1. The van der Waals surface area contributed by atoms with Crippen molar-refractivity contribution in [3.8, 4) is 17.2 Å². The Bertz CT molecular complexity index is 2860. The number of ether oxygens (including phenoxy) is 6. The molecule has 380 valence electrons. The highest BCUT2D eigenvalue weighted by Crippen LogP contribution is 2.67. The number of benzene rings is 2. The van der Waals surface area contributed by atoms with E-state index < -0.39 is 80.3 Å². The molecule has 18 nitrogen and oxygen atoms in total. The maximum absolute atomic E-state index is 15.0. The number of epoxide rings is 1. The van der Waals surface area contributed by atoms with Crippen LogP contribution in [0.25, 0.3) is 10.8 Å². The van der Waals surface area contributed by atoms with E-state index in [-0.39, 0.29) is 92.2 Å². The summed E-state index contributed by atoms with van der Waals surface area (Å²) in [5.74, 6) is -6.50. The SMILES string of the molecule is CO[C@H]1/C=C/O[C@@]2(C)Oc3c(C)c(O)c4c(O)c(c5c(c4c3C2=O)NC2(CCN(CC(C)C)CC2)N=5)=NC(=O)/C(C)=C\C=C\[C@H](C)[C@@H]2OC3(C)O[C@]3([C@@H]2C)[C@@H](C)[C@H](OC(=O)N2CCS(=O)(=O)CC2)[C@@H]1C. The zero-order valence-corrected chi connectivity index (χ0v) is 42.8. The molecule has 2 aromatic carbocycles. The number of hydrogen-bond acceptors (Lipinski definition) is 16. The number of fused-ring (bicyclic) bond motifs is 9. The van der Waals surface area contributed by atoms with E-state index in [0.717, 1.165) is 19.6 Å². The highest BCUT2D eigenvalue weighted by molar-refractivity contribution is 7.91. The molecule has 0 aliphatic carbocycles. The minimum absolute atomic E-state index is 0.00942. The first-order chi connectivity index (χ1) is 32.9. The number of aromatic hydroxyl groups is 2. The van der Waals surface area contributed by atoms with Crippen LogP contribution in [0.1, 0.15) is 91.1 Å². The molecule has 70 heavy (non-hydrogen) atoms. The zero-order valence-electron chi connectivity index (χ0n) is 42.0. The van der Waals surface area contributed by atoms with Crippen LogP contribution in [-0.4, -0.2) is 139 Å². The second-order valence-corrected chi connectivity index (χ2v) is 23.5. The average Bonchev–Trinajstić information content (AvgIpc) is 3.48. The number of phenols is 2. The van der Waals surface area contributed by atoms with E-state index in [0.29, 0.717) is 24.4 Å². The number of methoxy groups -OCH3 is 1. The fourth-order valence-corrected chi connectivity index (χ4v) is 13.2. The predicted molar refractivity (Wildman–Crippen MR) is 258 cm³/mol. The first-order valence-electron chi connectivity index (χ1n) is 24.5. The third kappa shape index (κ3) is 8.07. The van der Waals surface area contributed by atoms with Gasteiger partial charge in [-0.15, -0.1) is 0 Å². The number of Topliss-reactive ketones (excluding diaryl/α,β-unsaturated/α-hetero) is 1. The van der Waals surface area contributed by atoms with Gasteiger partial charge in [0.05, 0.1) is 46.6 Å². The van der Waals surface area contributed by atoms with Gasteiger partial charge in [0.1, 0.15) is 39.6 Å². The molecule has 2 amide bonds.